The molecular formula is C13H14ClN3O. The Kier molecular flexibility index (Phi) is 3.67. The highest BCUT2D eigenvalue weighted by Crippen LogP contribution is 2.21. The van der Waals surface area contributed by atoms with Crippen molar-refractivity contribution in [1.82, 2.24) is 9.97 Å². The summed E-state index contributed by atoms with van der Waals surface area (Å²) in [6.07, 6.45) is 1.32. The molecule has 0 unspecified atom stereocenters. The van der Waals surface area contributed by atoms with Gasteiger partial charge >= 0.3 is 0 Å². The van der Waals surface area contributed by atoms with Gasteiger partial charge in [0.25, 0.3) is 5.56 Å². The van der Waals surface area contributed by atoms with E-state index in [1.807, 2.05) is 24.3 Å². The number of hydrogen-bond acceptors (Lipinski definition) is 3. The Morgan fingerprint density at radius 1 is 1.28 bits per heavy atom. The first-order chi connectivity index (χ1) is 8.58. The molecule has 0 atom stereocenters. The molecule has 1 aromatic heterocycles. The third-order valence-electron chi connectivity index (χ3n) is 2.64. The molecule has 2 rings (SSSR count). The first-order valence-corrected chi connectivity index (χ1v) is 6.06. The van der Waals surface area contributed by atoms with E-state index in [9.17, 15) is 4.79 Å². The first kappa shape index (κ1) is 12.6. The normalized spacial score (nSPS) is 10.7. The molecule has 0 radical (unpaired) electrons. The Balaban J connectivity index is 2.24. The maximum Gasteiger partial charge on any atom is 0.271 e. The van der Waals surface area contributed by atoms with Gasteiger partial charge in [0, 0.05) is 5.69 Å². The molecule has 94 valence electrons. The number of H-pyrrole nitrogens is 1. The van der Waals surface area contributed by atoms with Gasteiger partial charge in [-0.3, -0.25) is 4.79 Å². The molecule has 2 aromatic rings. The Morgan fingerprint density at radius 2 is 1.94 bits per heavy atom. The number of nitrogens with zero attached hydrogens (tertiary/aromatic N) is 1. The standard InChI is InChI=1S/C13H14ClN3O/c1-8(2)9-3-5-10(6-4-9)17-12-11(14)13(18)16-7-15-12/h3-8H,1-2H3,(H2,15,16,17,18). The zero-order chi connectivity index (χ0) is 13.1. The van der Waals surface area contributed by atoms with Crippen LogP contribution in [0.4, 0.5) is 11.5 Å². The minimum absolute atomic E-state index is 0.0606. The molecule has 0 spiro atoms. The fourth-order valence-electron chi connectivity index (χ4n) is 1.56. The average Bonchev–Trinajstić information content (AvgIpc) is 2.36. The Hall–Kier alpha value is -1.81. The summed E-state index contributed by atoms with van der Waals surface area (Å²) in [5.41, 5.74) is 1.75. The van der Waals surface area contributed by atoms with Gasteiger partial charge in [0.05, 0.1) is 6.33 Å². The minimum atomic E-state index is -0.354. The topological polar surface area (TPSA) is 57.8 Å². The first-order valence-electron chi connectivity index (χ1n) is 5.68. The molecule has 1 aromatic carbocycles. The molecule has 0 amide bonds. The number of halogens is 1. The monoisotopic (exact) mass is 263 g/mol. The van der Waals surface area contributed by atoms with Gasteiger partial charge in [0.2, 0.25) is 0 Å². The van der Waals surface area contributed by atoms with E-state index < -0.39 is 0 Å². The van der Waals surface area contributed by atoms with E-state index in [1.165, 1.54) is 11.9 Å². The summed E-state index contributed by atoms with van der Waals surface area (Å²) >= 11 is 5.86. The van der Waals surface area contributed by atoms with Crippen LogP contribution in [0.3, 0.4) is 0 Å². The molecule has 1 heterocycles. The Bertz CT molecular complexity index is 590. The number of rotatable bonds is 3. The van der Waals surface area contributed by atoms with Crippen molar-refractivity contribution >= 4 is 23.1 Å². The van der Waals surface area contributed by atoms with Crippen molar-refractivity contribution in [3.05, 3.63) is 51.5 Å². The molecule has 0 aliphatic heterocycles. The van der Waals surface area contributed by atoms with Crippen LogP contribution in [0.2, 0.25) is 5.02 Å². The molecule has 4 nitrogen and oxygen atoms in total. The van der Waals surface area contributed by atoms with E-state index in [0.29, 0.717) is 11.7 Å². The summed E-state index contributed by atoms with van der Waals surface area (Å²) in [5.74, 6) is 0.845. The molecular weight excluding hydrogens is 250 g/mol. The highest BCUT2D eigenvalue weighted by molar-refractivity contribution is 6.32. The highest BCUT2D eigenvalue weighted by Gasteiger charge is 2.06. The highest BCUT2D eigenvalue weighted by atomic mass is 35.5. The molecule has 0 aliphatic carbocycles. The molecule has 0 fully saturated rings. The van der Waals surface area contributed by atoms with Crippen molar-refractivity contribution < 1.29 is 0 Å². The Labute approximate surface area is 110 Å². The quantitative estimate of drug-likeness (QED) is 0.893. The van der Waals surface area contributed by atoms with Crippen molar-refractivity contribution in [2.24, 2.45) is 0 Å². The van der Waals surface area contributed by atoms with Crippen LogP contribution in [-0.2, 0) is 0 Å². The number of hydrogen-bond donors (Lipinski definition) is 2. The van der Waals surface area contributed by atoms with Gasteiger partial charge in [-0.25, -0.2) is 4.98 Å². The van der Waals surface area contributed by atoms with Crippen molar-refractivity contribution in [2.75, 3.05) is 5.32 Å². The maximum atomic E-state index is 11.3. The predicted octanol–water partition coefficient (Wildman–Crippen LogP) is 3.29. The van der Waals surface area contributed by atoms with Gasteiger partial charge in [0.15, 0.2) is 5.82 Å². The van der Waals surface area contributed by atoms with Gasteiger partial charge in [-0.2, -0.15) is 0 Å². The third kappa shape index (κ3) is 2.71. The van der Waals surface area contributed by atoms with Crippen LogP contribution in [0.5, 0.6) is 0 Å². The third-order valence-corrected chi connectivity index (χ3v) is 2.99. The molecule has 5 heteroatoms. The molecule has 0 bridgehead atoms. The van der Waals surface area contributed by atoms with Crippen molar-refractivity contribution in [3.63, 3.8) is 0 Å². The molecule has 0 saturated heterocycles. The van der Waals surface area contributed by atoms with Gasteiger partial charge in [0.1, 0.15) is 5.02 Å². The summed E-state index contributed by atoms with van der Waals surface area (Å²) < 4.78 is 0. The van der Waals surface area contributed by atoms with Crippen LogP contribution in [0.1, 0.15) is 25.3 Å². The van der Waals surface area contributed by atoms with Gasteiger partial charge in [-0.1, -0.05) is 37.6 Å². The molecule has 18 heavy (non-hydrogen) atoms. The zero-order valence-corrected chi connectivity index (χ0v) is 11.0. The number of anilines is 2. The van der Waals surface area contributed by atoms with Crippen molar-refractivity contribution in [2.45, 2.75) is 19.8 Å². The zero-order valence-electron chi connectivity index (χ0n) is 10.2. The van der Waals surface area contributed by atoms with E-state index in [2.05, 4.69) is 29.1 Å². The Morgan fingerprint density at radius 3 is 2.56 bits per heavy atom. The van der Waals surface area contributed by atoms with Crippen LogP contribution in [0, 0.1) is 0 Å². The second kappa shape index (κ2) is 5.23. The summed E-state index contributed by atoms with van der Waals surface area (Å²) in [6, 6.07) is 7.95. The fraction of sp³-hybridized carbons (Fsp3) is 0.231. The SMILES string of the molecule is CC(C)c1ccc(Nc2nc[nH]c(=O)c2Cl)cc1. The predicted molar refractivity (Wildman–Crippen MR) is 73.7 cm³/mol. The van der Waals surface area contributed by atoms with Crippen molar-refractivity contribution in [3.8, 4) is 0 Å². The second-order valence-corrected chi connectivity index (χ2v) is 4.67. The second-order valence-electron chi connectivity index (χ2n) is 4.30. The lowest BCUT2D eigenvalue weighted by Gasteiger charge is -2.09. The van der Waals surface area contributed by atoms with E-state index in [4.69, 9.17) is 11.6 Å². The van der Waals surface area contributed by atoms with Gasteiger partial charge in [-0.05, 0) is 23.6 Å². The lowest BCUT2D eigenvalue weighted by atomic mass is 10.0. The maximum absolute atomic E-state index is 11.3. The van der Waals surface area contributed by atoms with E-state index in [1.54, 1.807) is 0 Å². The summed E-state index contributed by atoms with van der Waals surface area (Å²) in [5, 5.41) is 3.08. The van der Waals surface area contributed by atoms with E-state index in [0.717, 1.165) is 5.69 Å². The van der Waals surface area contributed by atoms with Crippen LogP contribution < -0.4 is 10.9 Å². The summed E-state index contributed by atoms with van der Waals surface area (Å²) in [4.78, 5) is 17.7. The largest absolute Gasteiger partial charge is 0.339 e. The lowest BCUT2D eigenvalue weighted by Crippen LogP contribution is -2.09. The van der Waals surface area contributed by atoms with Crippen LogP contribution >= 0.6 is 11.6 Å². The van der Waals surface area contributed by atoms with E-state index in [-0.39, 0.29) is 10.6 Å². The summed E-state index contributed by atoms with van der Waals surface area (Å²) in [6.45, 7) is 4.27. The van der Waals surface area contributed by atoms with Crippen LogP contribution in [0.25, 0.3) is 0 Å². The van der Waals surface area contributed by atoms with Crippen LogP contribution in [-0.4, -0.2) is 9.97 Å². The average molecular weight is 264 g/mol. The lowest BCUT2D eigenvalue weighted by molar-refractivity contribution is 0.867. The summed E-state index contributed by atoms with van der Waals surface area (Å²) in [7, 11) is 0. The van der Waals surface area contributed by atoms with Crippen LogP contribution in [0.15, 0.2) is 35.4 Å². The van der Waals surface area contributed by atoms with E-state index >= 15 is 0 Å². The number of aromatic nitrogens is 2. The molecule has 0 saturated carbocycles. The number of nitrogens with one attached hydrogen (secondary N) is 2. The van der Waals surface area contributed by atoms with Gasteiger partial charge in [-0.15, -0.1) is 0 Å². The number of benzene rings is 1. The number of aromatic amines is 1. The minimum Gasteiger partial charge on any atom is -0.339 e. The van der Waals surface area contributed by atoms with Gasteiger partial charge < -0.3 is 10.3 Å². The fourth-order valence-corrected chi connectivity index (χ4v) is 1.71. The molecule has 0 aliphatic rings. The van der Waals surface area contributed by atoms with Crippen molar-refractivity contribution in [1.29, 1.82) is 0 Å². The smallest absolute Gasteiger partial charge is 0.271 e. The molecule has 2 N–H and O–H groups in total.